The molecule has 0 amide bonds. The van der Waals surface area contributed by atoms with Crippen molar-refractivity contribution in [2.24, 2.45) is 11.7 Å². The van der Waals surface area contributed by atoms with Crippen LogP contribution in [0.25, 0.3) is 17.0 Å². The van der Waals surface area contributed by atoms with E-state index in [-0.39, 0.29) is 5.54 Å². The fraction of sp³-hybridized carbons (Fsp3) is 0.400. The van der Waals surface area contributed by atoms with Crippen LogP contribution in [0.3, 0.4) is 0 Å². The van der Waals surface area contributed by atoms with Crippen molar-refractivity contribution in [1.29, 1.82) is 0 Å². The number of nitrogens with two attached hydrogens (primary N) is 1. The first-order valence-electron chi connectivity index (χ1n) is 11.8. The molecular weight excluding hydrogens is 426 g/mol. The Morgan fingerprint density at radius 1 is 1.03 bits per heavy atom. The summed E-state index contributed by atoms with van der Waals surface area (Å²) in [6.07, 6.45) is 14.8. The molecule has 0 saturated heterocycles. The number of fused-ring (bicyclic) bond motifs is 1. The minimum absolute atomic E-state index is 0.0639. The van der Waals surface area contributed by atoms with Gasteiger partial charge in [-0.15, -0.1) is 0 Å². The largest absolute Gasteiger partial charge is 0.352 e. The van der Waals surface area contributed by atoms with Crippen molar-refractivity contribution in [2.75, 3.05) is 10.6 Å². The van der Waals surface area contributed by atoms with E-state index in [0.29, 0.717) is 17.9 Å². The molecule has 5 rings (SSSR count). The van der Waals surface area contributed by atoms with Gasteiger partial charge in [-0.3, -0.25) is 4.40 Å². The maximum Gasteiger partial charge on any atom is 0.223 e. The molecule has 4 N–H and O–H groups in total. The van der Waals surface area contributed by atoms with Crippen LogP contribution in [0.15, 0.2) is 49.4 Å². The Bertz CT molecular complexity index is 1270. The van der Waals surface area contributed by atoms with Crippen molar-refractivity contribution >= 4 is 23.0 Å². The maximum absolute atomic E-state index is 6.60. The Hall–Kier alpha value is -3.59. The third-order valence-electron chi connectivity index (χ3n) is 6.97. The smallest absolute Gasteiger partial charge is 0.223 e. The van der Waals surface area contributed by atoms with E-state index in [2.05, 4.69) is 44.4 Å². The van der Waals surface area contributed by atoms with Crippen LogP contribution in [0.1, 0.15) is 45.1 Å². The molecular formula is C25H31N9. The molecule has 1 aliphatic carbocycles. The van der Waals surface area contributed by atoms with E-state index in [4.69, 9.17) is 10.7 Å². The van der Waals surface area contributed by atoms with Crippen LogP contribution >= 0.6 is 0 Å². The van der Waals surface area contributed by atoms with Gasteiger partial charge in [0.25, 0.3) is 0 Å². The van der Waals surface area contributed by atoms with Gasteiger partial charge in [0.2, 0.25) is 5.95 Å². The second-order valence-corrected chi connectivity index (χ2v) is 9.57. The number of nitrogens with one attached hydrogen (secondary N) is 2. The Kier molecular flexibility index (Phi) is 5.87. The first kappa shape index (κ1) is 22.2. The lowest BCUT2D eigenvalue weighted by atomic mass is 9.73. The monoisotopic (exact) mass is 457 g/mol. The number of pyridine rings is 1. The first-order chi connectivity index (χ1) is 16.4. The number of anilines is 3. The van der Waals surface area contributed by atoms with Gasteiger partial charge in [0, 0.05) is 24.0 Å². The van der Waals surface area contributed by atoms with Gasteiger partial charge in [-0.25, -0.2) is 24.9 Å². The van der Waals surface area contributed by atoms with E-state index in [0.717, 1.165) is 59.7 Å². The molecule has 0 aliphatic heterocycles. The molecule has 34 heavy (non-hydrogen) atoms. The third kappa shape index (κ3) is 4.43. The van der Waals surface area contributed by atoms with Crippen molar-refractivity contribution in [2.45, 2.75) is 58.0 Å². The molecule has 9 nitrogen and oxygen atoms in total. The molecule has 4 aromatic heterocycles. The minimum Gasteiger partial charge on any atom is -0.352 e. The molecule has 0 radical (unpaired) electrons. The van der Waals surface area contributed by atoms with Gasteiger partial charge in [-0.1, -0.05) is 13.8 Å². The summed E-state index contributed by atoms with van der Waals surface area (Å²) >= 11 is 0. The standard InChI is InChI=1S/C25H31N9/c1-16(2)25(26)8-6-18(7-9-25)32-24-30-10-17(3)23(33-24)21-13-29-22-5-4-19(14-34(21)22)31-20-11-27-15-28-12-20/h4-5,10-16,18,31H,6-9,26H2,1-3H3,(H,30,32,33). The highest BCUT2D eigenvalue weighted by molar-refractivity contribution is 5.67. The summed E-state index contributed by atoms with van der Waals surface area (Å²) in [5.74, 6) is 1.13. The SMILES string of the molecule is Cc1cnc(NC2CCC(N)(C(C)C)CC2)nc1-c1cnc2ccc(Nc3cncnc3)cn12. The summed E-state index contributed by atoms with van der Waals surface area (Å²) in [7, 11) is 0. The molecule has 9 heteroatoms. The van der Waals surface area contributed by atoms with Gasteiger partial charge in [-0.05, 0) is 56.2 Å². The third-order valence-corrected chi connectivity index (χ3v) is 6.97. The second-order valence-electron chi connectivity index (χ2n) is 9.57. The number of aryl methyl sites for hydroxylation is 1. The highest BCUT2D eigenvalue weighted by atomic mass is 15.1. The van der Waals surface area contributed by atoms with E-state index >= 15 is 0 Å². The first-order valence-corrected chi connectivity index (χ1v) is 11.8. The molecule has 176 valence electrons. The molecule has 4 aromatic rings. The summed E-state index contributed by atoms with van der Waals surface area (Å²) in [4.78, 5) is 22.1. The van der Waals surface area contributed by atoms with Gasteiger partial charge in [0.15, 0.2) is 0 Å². The fourth-order valence-electron chi connectivity index (χ4n) is 4.59. The topological polar surface area (TPSA) is 119 Å². The molecule has 0 atom stereocenters. The highest BCUT2D eigenvalue weighted by Crippen LogP contribution is 2.33. The van der Waals surface area contributed by atoms with Gasteiger partial charge < -0.3 is 16.4 Å². The predicted octanol–water partition coefficient (Wildman–Crippen LogP) is 4.34. The van der Waals surface area contributed by atoms with Gasteiger partial charge in [0.05, 0.1) is 41.4 Å². The minimum atomic E-state index is -0.0639. The number of nitrogens with zero attached hydrogens (tertiary/aromatic N) is 6. The molecule has 0 bridgehead atoms. The summed E-state index contributed by atoms with van der Waals surface area (Å²) in [6, 6.07) is 4.29. The summed E-state index contributed by atoms with van der Waals surface area (Å²) < 4.78 is 2.04. The number of hydrogen-bond acceptors (Lipinski definition) is 8. The average Bonchev–Trinajstić information content (AvgIpc) is 3.25. The fourth-order valence-corrected chi connectivity index (χ4v) is 4.59. The quantitative estimate of drug-likeness (QED) is 0.391. The van der Waals surface area contributed by atoms with Crippen LogP contribution in [0.5, 0.6) is 0 Å². The summed E-state index contributed by atoms with van der Waals surface area (Å²) in [6.45, 7) is 6.45. The Morgan fingerprint density at radius 3 is 2.53 bits per heavy atom. The van der Waals surface area contributed by atoms with Crippen LogP contribution in [0.2, 0.25) is 0 Å². The zero-order valence-corrected chi connectivity index (χ0v) is 19.9. The number of hydrogen-bond donors (Lipinski definition) is 3. The molecule has 4 heterocycles. The Morgan fingerprint density at radius 2 is 1.79 bits per heavy atom. The van der Waals surface area contributed by atoms with E-state index in [1.54, 1.807) is 12.4 Å². The lowest BCUT2D eigenvalue weighted by molar-refractivity contribution is 0.212. The molecule has 0 unspecified atom stereocenters. The predicted molar refractivity (Wildman–Crippen MR) is 134 cm³/mol. The van der Waals surface area contributed by atoms with Crippen LogP contribution < -0.4 is 16.4 Å². The van der Waals surface area contributed by atoms with Crippen LogP contribution in [0.4, 0.5) is 17.3 Å². The number of imidazole rings is 1. The average molecular weight is 458 g/mol. The van der Waals surface area contributed by atoms with Gasteiger partial charge in [0.1, 0.15) is 12.0 Å². The van der Waals surface area contributed by atoms with Crippen molar-refractivity contribution in [3.63, 3.8) is 0 Å². The maximum atomic E-state index is 6.60. The van der Waals surface area contributed by atoms with E-state index in [1.165, 1.54) is 6.33 Å². The number of aromatic nitrogens is 6. The lowest BCUT2D eigenvalue weighted by Gasteiger charge is -2.40. The van der Waals surface area contributed by atoms with Crippen LogP contribution in [-0.2, 0) is 0 Å². The molecule has 1 saturated carbocycles. The molecule has 1 fully saturated rings. The van der Waals surface area contributed by atoms with Crippen LogP contribution in [0, 0.1) is 12.8 Å². The lowest BCUT2D eigenvalue weighted by Crippen LogP contribution is -2.49. The normalized spacial score (nSPS) is 20.6. The van der Waals surface area contributed by atoms with Crippen molar-refractivity contribution in [3.05, 3.63) is 55.0 Å². The molecule has 0 aromatic carbocycles. The molecule has 0 spiro atoms. The van der Waals surface area contributed by atoms with Crippen molar-refractivity contribution < 1.29 is 0 Å². The van der Waals surface area contributed by atoms with E-state index in [1.807, 2.05) is 42.0 Å². The Labute approximate surface area is 199 Å². The highest BCUT2D eigenvalue weighted by Gasteiger charge is 2.34. The zero-order valence-electron chi connectivity index (χ0n) is 19.9. The van der Waals surface area contributed by atoms with E-state index < -0.39 is 0 Å². The Balaban J connectivity index is 1.39. The summed E-state index contributed by atoms with van der Waals surface area (Å²) in [5.41, 5.74) is 11.9. The summed E-state index contributed by atoms with van der Waals surface area (Å²) in [5, 5.41) is 6.88. The van der Waals surface area contributed by atoms with E-state index in [9.17, 15) is 0 Å². The molecule has 1 aliphatic rings. The van der Waals surface area contributed by atoms with Crippen molar-refractivity contribution in [3.8, 4) is 11.4 Å². The second kappa shape index (κ2) is 8.98. The number of rotatable bonds is 6. The van der Waals surface area contributed by atoms with Crippen LogP contribution in [-0.4, -0.2) is 40.9 Å². The van der Waals surface area contributed by atoms with Gasteiger partial charge in [-0.2, -0.15) is 0 Å². The zero-order chi connectivity index (χ0) is 23.7. The van der Waals surface area contributed by atoms with Gasteiger partial charge >= 0.3 is 0 Å². The van der Waals surface area contributed by atoms with Crippen molar-refractivity contribution in [1.82, 2.24) is 29.3 Å².